The molecule has 1 fully saturated rings. The van der Waals surface area contributed by atoms with Crippen LogP contribution < -0.4 is 0 Å². The Kier molecular flexibility index (Phi) is 4.56. The van der Waals surface area contributed by atoms with Crippen LogP contribution in [0.2, 0.25) is 0 Å². The lowest BCUT2D eigenvalue weighted by Gasteiger charge is -2.22. The second-order valence-electron chi connectivity index (χ2n) is 4.33. The molecule has 1 aromatic rings. The SMILES string of the molecule is CC1(c2ccc(/C=C(/Br)CCO)cc2)OCCO1. The van der Waals surface area contributed by atoms with E-state index in [1.54, 1.807) is 0 Å². The summed E-state index contributed by atoms with van der Waals surface area (Å²) in [7, 11) is 0. The Labute approximate surface area is 116 Å². The van der Waals surface area contributed by atoms with Crippen molar-refractivity contribution in [3.8, 4) is 0 Å². The molecule has 0 atom stereocenters. The van der Waals surface area contributed by atoms with E-state index < -0.39 is 5.79 Å². The minimum absolute atomic E-state index is 0.148. The first kappa shape index (κ1) is 13.7. The molecule has 1 heterocycles. The average molecular weight is 313 g/mol. The minimum Gasteiger partial charge on any atom is -0.396 e. The van der Waals surface area contributed by atoms with E-state index in [4.69, 9.17) is 14.6 Å². The monoisotopic (exact) mass is 312 g/mol. The lowest BCUT2D eigenvalue weighted by Crippen LogP contribution is -2.22. The summed E-state index contributed by atoms with van der Waals surface area (Å²) >= 11 is 3.42. The van der Waals surface area contributed by atoms with Crippen LogP contribution in [-0.2, 0) is 15.3 Å². The van der Waals surface area contributed by atoms with E-state index in [1.807, 2.05) is 37.3 Å². The van der Waals surface area contributed by atoms with E-state index in [9.17, 15) is 0 Å². The maximum atomic E-state index is 8.83. The van der Waals surface area contributed by atoms with Crippen molar-refractivity contribution in [1.29, 1.82) is 0 Å². The number of hydrogen-bond donors (Lipinski definition) is 1. The van der Waals surface area contributed by atoms with Crippen molar-refractivity contribution in [2.75, 3.05) is 19.8 Å². The molecule has 2 rings (SSSR count). The Morgan fingerprint density at radius 1 is 1.33 bits per heavy atom. The number of rotatable bonds is 4. The van der Waals surface area contributed by atoms with Gasteiger partial charge in [-0.15, -0.1) is 0 Å². The van der Waals surface area contributed by atoms with Gasteiger partial charge in [0.25, 0.3) is 0 Å². The highest BCUT2D eigenvalue weighted by Gasteiger charge is 2.32. The first-order chi connectivity index (χ1) is 8.64. The van der Waals surface area contributed by atoms with Gasteiger partial charge < -0.3 is 14.6 Å². The van der Waals surface area contributed by atoms with Crippen LogP contribution in [0, 0.1) is 0 Å². The molecule has 0 unspecified atom stereocenters. The molecule has 0 bridgehead atoms. The summed E-state index contributed by atoms with van der Waals surface area (Å²) in [6.45, 7) is 3.36. The summed E-state index contributed by atoms with van der Waals surface area (Å²) in [6, 6.07) is 8.06. The zero-order valence-electron chi connectivity index (χ0n) is 10.4. The number of hydrogen-bond acceptors (Lipinski definition) is 3. The molecule has 0 radical (unpaired) electrons. The summed E-state index contributed by atoms with van der Waals surface area (Å²) in [5.74, 6) is -0.607. The summed E-state index contributed by atoms with van der Waals surface area (Å²) in [5.41, 5.74) is 2.11. The van der Waals surface area contributed by atoms with E-state index in [1.165, 1.54) is 0 Å². The first-order valence-corrected chi connectivity index (χ1v) is 6.79. The number of benzene rings is 1. The van der Waals surface area contributed by atoms with Crippen molar-refractivity contribution < 1.29 is 14.6 Å². The van der Waals surface area contributed by atoms with Crippen molar-refractivity contribution in [3.63, 3.8) is 0 Å². The molecule has 1 saturated heterocycles. The lowest BCUT2D eigenvalue weighted by molar-refractivity contribution is -0.149. The fraction of sp³-hybridized carbons (Fsp3) is 0.429. The highest BCUT2D eigenvalue weighted by atomic mass is 79.9. The molecule has 3 nitrogen and oxygen atoms in total. The third kappa shape index (κ3) is 3.20. The molecule has 1 aromatic carbocycles. The maximum absolute atomic E-state index is 8.83. The van der Waals surface area contributed by atoms with Crippen LogP contribution in [0.25, 0.3) is 6.08 Å². The Balaban J connectivity index is 2.12. The predicted molar refractivity (Wildman–Crippen MR) is 74.3 cm³/mol. The predicted octanol–water partition coefficient (Wildman–Crippen LogP) is 3.02. The molecule has 1 N–H and O–H groups in total. The minimum atomic E-state index is -0.607. The Morgan fingerprint density at radius 3 is 2.50 bits per heavy atom. The molecule has 0 aliphatic carbocycles. The van der Waals surface area contributed by atoms with Crippen molar-refractivity contribution in [1.82, 2.24) is 0 Å². The summed E-state index contributed by atoms with van der Waals surface area (Å²) in [5, 5.41) is 8.83. The van der Waals surface area contributed by atoms with Crippen LogP contribution in [0.15, 0.2) is 28.7 Å². The third-order valence-electron chi connectivity index (χ3n) is 2.95. The van der Waals surface area contributed by atoms with E-state index >= 15 is 0 Å². The van der Waals surface area contributed by atoms with Gasteiger partial charge in [-0.25, -0.2) is 0 Å². The quantitative estimate of drug-likeness (QED) is 0.928. The third-order valence-corrected chi connectivity index (χ3v) is 3.57. The highest BCUT2D eigenvalue weighted by molar-refractivity contribution is 9.11. The molecule has 1 aliphatic rings. The van der Waals surface area contributed by atoms with Crippen molar-refractivity contribution in [2.45, 2.75) is 19.1 Å². The summed E-state index contributed by atoms with van der Waals surface area (Å²) in [6.07, 6.45) is 2.63. The molecular formula is C14H17BrO3. The molecule has 0 aromatic heterocycles. The van der Waals surface area contributed by atoms with Crippen LogP contribution in [0.5, 0.6) is 0 Å². The van der Waals surface area contributed by atoms with Crippen LogP contribution >= 0.6 is 15.9 Å². The topological polar surface area (TPSA) is 38.7 Å². The molecule has 1 aliphatic heterocycles. The van der Waals surface area contributed by atoms with Crippen LogP contribution in [-0.4, -0.2) is 24.9 Å². The van der Waals surface area contributed by atoms with E-state index in [0.29, 0.717) is 19.6 Å². The van der Waals surface area contributed by atoms with Gasteiger partial charge in [0, 0.05) is 18.6 Å². The number of aliphatic hydroxyl groups is 1. The largest absolute Gasteiger partial charge is 0.396 e. The zero-order chi connectivity index (χ0) is 13.0. The highest BCUT2D eigenvalue weighted by Crippen LogP contribution is 2.31. The number of aliphatic hydroxyl groups excluding tert-OH is 1. The van der Waals surface area contributed by atoms with Crippen molar-refractivity contribution >= 4 is 22.0 Å². The van der Waals surface area contributed by atoms with Gasteiger partial charge in [0.05, 0.1) is 13.2 Å². The van der Waals surface area contributed by atoms with Crippen LogP contribution in [0.1, 0.15) is 24.5 Å². The van der Waals surface area contributed by atoms with Gasteiger partial charge in [0.15, 0.2) is 5.79 Å². The fourth-order valence-corrected chi connectivity index (χ4v) is 2.36. The van der Waals surface area contributed by atoms with Crippen LogP contribution in [0.3, 0.4) is 0 Å². The normalized spacial score (nSPS) is 19.2. The molecule has 0 amide bonds. The van der Waals surface area contributed by atoms with Gasteiger partial charge in [-0.1, -0.05) is 40.2 Å². The Hall–Kier alpha value is -0.680. The Morgan fingerprint density at radius 2 is 1.94 bits per heavy atom. The number of ether oxygens (including phenoxy) is 2. The second kappa shape index (κ2) is 5.97. The maximum Gasteiger partial charge on any atom is 0.192 e. The molecule has 4 heteroatoms. The second-order valence-corrected chi connectivity index (χ2v) is 5.35. The molecule has 0 saturated carbocycles. The first-order valence-electron chi connectivity index (χ1n) is 5.99. The lowest BCUT2D eigenvalue weighted by atomic mass is 10.0. The van der Waals surface area contributed by atoms with E-state index in [2.05, 4.69) is 15.9 Å². The number of halogens is 1. The molecular weight excluding hydrogens is 296 g/mol. The van der Waals surface area contributed by atoms with Crippen molar-refractivity contribution in [3.05, 3.63) is 39.9 Å². The standard InChI is InChI=1S/C14H17BrO3/c1-14(17-8-9-18-14)12-4-2-11(3-5-12)10-13(15)6-7-16/h2-5,10,16H,6-9H2,1H3/b13-10+. The van der Waals surface area contributed by atoms with Gasteiger partial charge in [0.1, 0.15) is 0 Å². The summed E-state index contributed by atoms with van der Waals surface area (Å²) < 4.78 is 12.2. The van der Waals surface area contributed by atoms with Gasteiger partial charge in [-0.05, 0) is 23.0 Å². The van der Waals surface area contributed by atoms with E-state index in [0.717, 1.165) is 15.6 Å². The van der Waals surface area contributed by atoms with Gasteiger partial charge in [-0.2, -0.15) is 0 Å². The fourth-order valence-electron chi connectivity index (χ4n) is 1.92. The zero-order valence-corrected chi connectivity index (χ0v) is 11.9. The van der Waals surface area contributed by atoms with Crippen molar-refractivity contribution in [2.24, 2.45) is 0 Å². The summed E-state index contributed by atoms with van der Waals surface area (Å²) in [4.78, 5) is 0. The van der Waals surface area contributed by atoms with Gasteiger partial charge in [0.2, 0.25) is 0 Å². The smallest absolute Gasteiger partial charge is 0.192 e. The van der Waals surface area contributed by atoms with Gasteiger partial charge in [-0.3, -0.25) is 0 Å². The van der Waals surface area contributed by atoms with Crippen LogP contribution in [0.4, 0.5) is 0 Å². The van der Waals surface area contributed by atoms with Gasteiger partial charge >= 0.3 is 0 Å². The Bertz CT molecular complexity index is 419. The van der Waals surface area contributed by atoms with E-state index in [-0.39, 0.29) is 6.61 Å². The molecule has 0 spiro atoms. The average Bonchev–Trinajstić information content (AvgIpc) is 2.78. The molecule has 18 heavy (non-hydrogen) atoms. The molecule has 98 valence electrons.